The number of anilines is 1. The molecule has 1 aromatic heterocycles. The highest BCUT2D eigenvalue weighted by molar-refractivity contribution is 9.10. The van der Waals surface area contributed by atoms with Gasteiger partial charge in [-0.15, -0.1) is 0 Å². The normalized spacial score (nSPS) is 10.9. The number of aryl methyl sites for hydroxylation is 2. The Morgan fingerprint density at radius 2 is 1.71 bits per heavy atom. The van der Waals surface area contributed by atoms with Crippen LogP contribution < -0.4 is 10.1 Å². The van der Waals surface area contributed by atoms with Crippen LogP contribution in [0.3, 0.4) is 0 Å². The summed E-state index contributed by atoms with van der Waals surface area (Å²) >= 11 is 21.9. The van der Waals surface area contributed by atoms with E-state index in [0.717, 1.165) is 33.0 Å². The summed E-state index contributed by atoms with van der Waals surface area (Å²) in [5.74, 6) is 0.907. The van der Waals surface area contributed by atoms with E-state index < -0.39 is 0 Å². The number of benzene rings is 3. The lowest BCUT2D eigenvalue weighted by Gasteiger charge is -2.10. The van der Waals surface area contributed by atoms with Gasteiger partial charge >= 0.3 is 0 Å². The van der Waals surface area contributed by atoms with Crippen molar-refractivity contribution in [3.05, 3.63) is 108 Å². The summed E-state index contributed by atoms with van der Waals surface area (Å²) in [7, 11) is 0. The molecule has 0 bridgehead atoms. The van der Waals surface area contributed by atoms with Crippen LogP contribution in [0, 0.1) is 13.8 Å². The molecule has 4 aromatic rings. The molecule has 3 aromatic carbocycles. The summed E-state index contributed by atoms with van der Waals surface area (Å²) in [5, 5.41) is 9.16. The molecule has 4 rings (SSSR count). The van der Waals surface area contributed by atoms with E-state index in [2.05, 4.69) is 26.3 Å². The number of aromatic nitrogens is 2. The molecule has 1 heterocycles. The van der Waals surface area contributed by atoms with Crippen LogP contribution in [-0.4, -0.2) is 15.7 Å². The van der Waals surface area contributed by atoms with Crippen molar-refractivity contribution in [1.29, 1.82) is 0 Å². The van der Waals surface area contributed by atoms with Crippen LogP contribution in [0.4, 0.5) is 5.82 Å². The minimum atomic E-state index is -0.267. The monoisotopic (exact) mass is 591 g/mol. The number of ether oxygens (including phenoxy) is 1. The first-order valence-corrected chi connectivity index (χ1v) is 12.6. The van der Waals surface area contributed by atoms with Crippen molar-refractivity contribution in [1.82, 2.24) is 9.78 Å². The average molecular weight is 594 g/mol. The molecule has 180 valence electrons. The van der Waals surface area contributed by atoms with Gasteiger partial charge < -0.3 is 10.1 Å². The molecule has 9 heteroatoms. The third-order valence-electron chi connectivity index (χ3n) is 5.33. The molecule has 0 aliphatic heterocycles. The van der Waals surface area contributed by atoms with Crippen molar-refractivity contribution in [3.63, 3.8) is 0 Å². The molecule has 0 spiro atoms. The number of carbonyl (C=O) groups excluding carboxylic acids is 1. The van der Waals surface area contributed by atoms with Gasteiger partial charge in [0.2, 0.25) is 0 Å². The summed E-state index contributed by atoms with van der Waals surface area (Å²) in [5.41, 5.74) is 4.26. The zero-order valence-electron chi connectivity index (χ0n) is 18.9. The van der Waals surface area contributed by atoms with Crippen molar-refractivity contribution in [2.24, 2.45) is 0 Å². The molecule has 0 atom stereocenters. The van der Waals surface area contributed by atoms with E-state index in [0.29, 0.717) is 39.1 Å². The van der Waals surface area contributed by atoms with Gasteiger partial charge in [-0.2, -0.15) is 5.10 Å². The van der Waals surface area contributed by atoms with Crippen LogP contribution in [0.15, 0.2) is 65.3 Å². The van der Waals surface area contributed by atoms with E-state index in [4.69, 9.17) is 39.5 Å². The molecule has 0 radical (unpaired) electrons. The molecule has 0 fully saturated rings. The number of nitrogens with one attached hydrogen (secondary N) is 1. The summed E-state index contributed by atoms with van der Waals surface area (Å²) in [4.78, 5) is 12.8. The smallest absolute Gasteiger partial charge is 0.256 e. The Morgan fingerprint density at radius 3 is 2.37 bits per heavy atom. The topological polar surface area (TPSA) is 56.1 Å². The number of nitrogens with zero attached hydrogens (tertiary/aromatic N) is 2. The predicted molar refractivity (Wildman–Crippen MR) is 145 cm³/mol. The second-order valence-electron chi connectivity index (χ2n) is 8.07. The van der Waals surface area contributed by atoms with Crippen molar-refractivity contribution in [3.8, 4) is 5.75 Å². The fourth-order valence-electron chi connectivity index (χ4n) is 3.48. The van der Waals surface area contributed by atoms with Gasteiger partial charge in [0.25, 0.3) is 5.91 Å². The molecular formula is C26H21BrCl3N3O2. The fourth-order valence-corrected chi connectivity index (χ4v) is 4.47. The second-order valence-corrected chi connectivity index (χ2v) is 10.1. The molecule has 1 amide bonds. The van der Waals surface area contributed by atoms with Crippen molar-refractivity contribution < 1.29 is 9.53 Å². The van der Waals surface area contributed by atoms with Crippen LogP contribution in [0.2, 0.25) is 15.1 Å². The lowest BCUT2D eigenvalue weighted by molar-refractivity contribution is 0.102. The zero-order valence-corrected chi connectivity index (χ0v) is 22.8. The Kier molecular flexibility index (Phi) is 8.07. The summed E-state index contributed by atoms with van der Waals surface area (Å²) in [6, 6.07) is 16.4. The van der Waals surface area contributed by atoms with Crippen molar-refractivity contribution >= 4 is 62.5 Å². The van der Waals surface area contributed by atoms with E-state index in [1.165, 1.54) is 0 Å². The Bertz CT molecular complexity index is 1360. The highest BCUT2D eigenvalue weighted by Gasteiger charge is 2.13. The van der Waals surface area contributed by atoms with Crippen LogP contribution in [0.1, 0.15) is 32.6 Å². The lowest BCUT2D eigenvalue weighted by Crippen LogP contribution is -2.13. The minimum absolute atomic E-state index is 0.267. The van der Waals surface area contributed by atoms with Crippen LogP contribution in [0.25, 0.3) is 0 Å². The number of rotatable bonds is 7. The van der Waals surface area contributed by atoms with Gasteiger partial charge in [0.15, 0.2) is 5.82 Å². The van der Waals surface area contributed by atoms with Crippen LogP contribution in [0.5, 0.6) is 5.75 Å². The molecule has 0 saturated carbocycles. The molecule has 0 unspecified atom stereocenters. The van der Waals surface area contributed by atoms with Crippen LogP contribution >= 0.6 is 50.7 Å². The van der Waals surface area contributed by atoms with Crippen LogP contribution in [-0.2, 0) is 13.2 Å². The summed E-state index contributed by atoms with van der Waals surface area (Å²) < 4.78 is 8.24. The van der Waals surface area contributed by atoms with Gasteiger partial charge in [0.1, 0.15) is 12.4 Å². The number of amides is 1. The van der Waals surface area contributed by atoms with E-state index >= 15 is 0 Å². The van der Waals surface area contributed by atoms with Gasteiger partial charge in [-0.25, -0.2) is 0 Å². The third kappa shape index (κ3) is 6.39. The molecule has 0 aliphatic rings. The minimum Gasteiger partial charge on any atom is -0.489 e. The first kappa shape index (κ1) is 25.6. The van der Waals surface area contributed by atoms with E-state index in [9.17, 15) is 4.79 Å². The number of halogens is 4. The van der Waals surface area contributed by atoms with Crippen molar-refractivity contribution in [2.45, 2.75) is 27.0 Å². The Hall–Kier alpha value is -2.51. The Labute approximate surface area is 227 Å². The van der Waals surface area contributed by atoms with Gasteiger partial charge in [0, 0.05) is 26.8 Å². The van der Waals surface area contributed by atoms with Gasteiger partial charge in [-0.1, -0.05) is 53.0 Å². The first-order chi connectivity index (χ1) is 16.7. The predicted octanol–water partition coefficient (Wildman–Crippen LogP) is 8.10. The second kappa shape index (κ2) is 11.0. The standard InChI is InChI=1S/C26H21BrCl3N3O2/c1-15-9-21(10-16(2)24(15)30)35-14-17-3-5-18(6-4-17)26(34)31-25-22(27)13-33(32-25)12-19-7-8-20(28)11-23(19)29/h3-11,13H,12,14H2,1-2H3,(H,31,32,34). The maximum atomic E-state index is 12.8. The maximum Gasteiger partial charge on any atom is 0.256 e. The highest BCUT2D eigenvalue weighted by atomic mass is 79.9. The van der Waals surface area contributed by atoms with Gasteiger partial charge in [-0.05, 0) is 88.4 Å². The van der Waals surface area contributed by atoms with Crippen molar-refractivity contribution in [2.75, 3.05) is 5.32 Å². The molecular weight excluding hydrogens is 573 g/mol. The molecule has 0 aliphatic carbocycles. The molecule has 1 N–H and O–H groups in total. The molecule has 0 saturated heterocycles. The number of hydrogen-bond donors (Lipinski definition) is 1. The Morgan fingerprint density at radius 1 is 1.03 bits per heavy atom. The maximum absolute atomic E-state index is 12.8. The molecule has 5 nitrogen and oxygen atoms in total. The number of carbonyl (C=O) groups is 1. The zero-order chi connectivity index (χ0) is 25.1. The quantitative estimate of drug-likeness (QED) is 0.236. The fraction of sp³-hybridized carbons (Fsp3) is 0.154. The third-order valence-corrected chi connectivity index (χ3v) is 7.09. The van der Waals surface area contributed by atoms with E-state index in [-0.39, 0.29) is 5.91 Å². The highest BCUT2D eigenvalue weighted by Crippen LogP contribution is 2.27. The summed E-state index contributed by atoms with van der Waals surface area (Å²) in [6.45, 7) is 4.71. The SMILES string of the molecule is Cc1cc(OCc2ccc(C(=O)Nc3nn(Cc4ccc(Cl)cc4Cl)cc3Br)cc2)cc(C)c1Cl. The summed E-state index contributed by atoms with van der Waals surface area (Å²) in [6.07, 6.45) is 1.78. The largest absolute Gasteiger partial charge is 0.489 e. The van der Waals surface area contributed by atoms with Gasteiger partial charge in [0.05, 0.1) is 11.0 Å². The van der Waals surface area contributed by atoms with E-state index in [1.54, 1.807) is 35.1 Å². The number of hydrogen-bond acceptors (Lipinski definition) is 3. The Balaban J connectivity index is 1.38. The first-order valence-electron chi connectivity index (χ1n) is 10.7. The average Bonchev–Trinajstić information content (AvgIpc) is 3.16. The molecule has 35 heavy (non-hydrogen) atoms. The lowest BCUT2D eigenvalue weighted by atomic mass is 10.1. The van der Waals surface area contributed by atoms with Gasteiger partial charge in [-0.3, -0.25) is 9.48 Å². The van der Waals surface area contributed by atoms with E-state index in [1.807, 2.05) is 44.2 Å².